The second-order valence-electron chi connectivity index (χ2n) is 24.0. The summed E-state index contributed by atoms with van der Waals surface area (Å²) in [5.74, 6) is 8.80. The van der Waals surface area contributed by atoms with Crippen molar-refractivity contribution in [1.82, 2.24) is 15.0 Å². The van der Waals surface area contributed by atoms with Crippen LogP contribution in [0, 0.1) is 116 Å². The van der Waals surface area contributed by atoms with Gasteiger partial charge in [-0.3, -0.25) is 14.4 Å². The lowest BCUT2D eigenvalue weighted by Crippen LogP contribution is -2.51. The summed E-state index contributed by atoms with van der Waals surface area (Å²) in [6.45, 7) is 19.3. The SMILES string of the molecule is C.C.C.CON(C)C(=O)[C@H]1CC[C@H]2[C@@H]3CC[C@@H]4C[C@](C)(O)CC[C@@H]4[C@H]3CC[C@]12C.Cc1nc(C)c(C)s1.Cc1nc(CC(=O)[C@H]2CC[C@H]3[C@@H]4CC[C@@H]5C[C@](C)(O)CC[C@@H]5[C@H]4CC[C@]23C)sc1C. The van der Waals surface area contributed by atoms with Gasteiger partial charge >= 0.3 is 0 Å². The van der Waals surface area contributed by atoms with Crippen molar-refractivity contribution in [3.8, 4) is 0 Å². The van der Waals surface area contributed by atoms with E-state index in [9.17, 15) is 19.8 Å². The second kappa shape index (κ2) is 21.6. The van der Waals surface area contributed by atoms with Crippen molar-refractivity contribution in [2.45, 2.75) is 218 Å². The van der Waals surface area contributed by atoms with Gasteiger partial charge < -0.3 is 10.2 Å². The molecule has 0 aliphatic heterocycles. The Labute approximate surface area is 417 Å². The first-order valence-electron chi connectivity index (χ1n) is 25.8. The van der Waals surface area contributed by atoms with Crippen LogP contribution in [0.15, 0.2) is 0 Å². The third kappa shape index (κ3) is 11.0. The molecule has 10 heteroatoms. The number of hydroxylamine groups is 2. The molecule has 0 aromatic carbocycles. The molecule has 1 amide bonds. The Balaban J connectivity index is 0.000000208. The minimum Gasteiger partial charge on any atom is -0.390 e. The molecule has 0 spiro atoms. The largest absolute Gasteiger partial charge is 0.390 e. The highest BCUT2D eigenvalue weighted by Gasteiger charge is 2.61. The molecule has 67 heavy (non-hydrogen) atoms. The Morgan fingerprint density at radius 2 is 1.04 bits per heavy atom. The maximum absolute atomic E-state index is 13.4. The molecular formula is C57H97N3O5S2. The van der Waals surface area contributed by atoms with E-state index in [4.69, 9.17) is 4.84 Å². The lowest BCUT2D eigenvalue weighted by molar-refractivity contribution is -0.180. The van der Waals surface area contributed by atoms with Crippen molar-refractivity contribution in [3.05, 3.63) is 31.2 Å². The van der Waals surface area contributed by atoms with Crippen LogP contribution < -0.4 is 0 Å². The molecule has 16 atom stereocenters. The number of thiazole rings is 2. The summed E-state index contributed by atoms with van der Waals surface area (Å²) in [7, 11) is 3.34. The number of carbonyl (C=O) groups excluding carboxylic acids is 2. The number of carbonyl (C=O) groups is 2. The third-order valence-electron chi connectivity index (χ3n) is 20.3. The fraction of sp³-hybridized carbons (Fsp3) is 0.860. The van der Waals surface area contributed by atoms with Gasteiger partial charge in [-0.15, -0.1) is 22.7 Å². The molecule has 10 rings (SSSR count). The Bertz CT molecular complexity index is 1950. The van der Waals surface area contributed by atoms with E-state index >= 15 is 0 Å². The molecule has 2 aromatic rings. The van der Waals surface area contributed by atoms with Gasteiger partial charge in [0.2, 0.25) is 5.91 Å². The molecule has 8 fully saturated rings. The zero-order chi connectivity index (χ0) is 46.1. The first kappa shape index (κ1) is 56.2. The van der Waals surface area contributed by atoms with E-state index in [1.54, 1.807) is 36.8 Å². The standard InChI is InChI=1S/C26H39NO2S.C22H37NO3.C6H9NS.3CH4/c1-15-16(2)30-24(27-15)13-23(28)22-8-7-21-20-6-5-17-14-25(3,29)11-9-18(17)19(20)10-12-26(21,22)4;1-21(25)11-9-15-14(13-21)5-6-17-16(15)10-12-22(2)18(17)7-8-19(22)20(24)23(3)26-4;1-4-5(2)8-6(3)7-4;;;/h17-22,29H,5-14H2,1-4H3;14-19,25H,5-13H2,1-4H3;1-3H3;3*1H4/t17-,18+,19-,20-,21+,22-,25-,26+;14-,15+,16-,17-,18+,19-,21-,22+;;;;/m11..../s1. The van der Waals surface area contributed by atoms with E-state index in [2.05, 4.69) is 44.6 Å². The summed E-state index contributed by atoms with van der Waals surface area (Å²) in [6.07, 6.45) is 21.7. The van der Waals surface area contributed by atoms with Crippen molar-refractivity contribution in [2.24, 2.45) is 81.8 Å². The monoisotopic (exact) mass is 968 g/mol. The third-order valence-corrected chi connectivity index (χ3v) is 22.3. The van der Waals surface area contributed by atoms with Crippen molar-refractivity contribution in [1.29, 1.82) is 0 Å². The number of nitrogens with zero attached hydrogens (tertiary/aromatic N) is 3. The number of aliphatic hydroxyl groups is 2. The first-order valence-corrected chi connectivity index (χ1v) is 27.4. The summed E-state index contributed by atoms with van der Waals surface area (Å²) in [4.78, 5) is 42.9. The van der Waals surface area contributed by atoms with Crippen LogP contribution in [-0.2, 0) is 20.8 Å². The van der Waals surface area contributed by atoms with Crippen LogP contribution in [0.4, 0.5) is 0 Å². The van der Waals surface area contributed by atoms with E-state index in [0.29, 0.717) is 18.1 Å². The van der Waals surface area contributed by atoms with Gasteiger partial charge in [0.1, 0.15) is 10.8 Å². The van der Waals surface area contributed by atoms with Crippen molar-refractivity contribution in [2.75, 3.05) is 14.2 Å². The van der Waals surface area contributed by atoms with Crippen LogP contribution in [-0.4, -0.2) is 62.3 Å². The summed E-state index contributed by atoms with van der Waals surface area (Å²) in [5, 5.41) is 24.7. The molecule has 2 aromatic heterocycles. The lowest BCUT2D eigenvalue weighted by Gasteiger charge is -2.56. The summed E-state index contributed by atoms with van der Waals surface area (Å²) < 4.78 is 0. The summed E-state index contributed by atoms with van der Waals surface area (Å²) in [5.41, 5.74) is 1.74. The first-order chi connectivity index (χ1) is 30.1. The van der Waals surface area contributed by atoms with Crippen molar-refractivity contribution < 1.29 is 24.6 Å². The minimum atomic E-state index is -0.438. The molecule has 0 radical (unpaired) electrons. The molecule has 8 aliphatic carbocycles. The number of aromatic nitrogens is 2. The number of ketones is 1. The van der Waals surface area contributed by atoms with Crippen LogP contribution in [0.25, 0.3) is 0 Å². The number of hydrogen-bond donors (Lipinski definition) is 2. The maximum atomic E-state index is 13.4. The summed E-state index contributed by atoms with van der Waals surface area (Å²) >= 11 is 3.47. The van der Waals surface area contributed by atoms with E-state index in [1.807, 2.05) is 27.7 Å². The van der Waals surface area contributed by atoms with Gasteiger partial charge in [-0.1, -0.05) is 36.1 Å². The Hall–Kier alpha value is -1.72. The quantitative estimate of drug-likeness (QED) is 0.287. The van der Waals surface area contributed by atoms with Gasteiger partial charge in [-0.05, 0) is 234 Å². The number of fused-ring (bicyclic) bond motifs is 10. The fourth-order valence-corrected chi connectivity index (χ4v) is 18.7. The molecule has 8 aliphatic rings. The highest BCUT2D eigenvalue weighted by atomic mass is 32.1. The van der Waals surface area contributed by atoms with E-state index in [0.717, 1.165) is 102 Å². The molecule has 2 N–H and O–H groups in total. The molecular weight excluding hydrogens is 871 g/mol. The molecule has 8 nitrogen and oxygen atoms in total. The zero-order valence-electron chi connectivity index (χ0n) is 41.6. The number of aryl methyl sites for hydroxylation is 5. The van der Waals surface area contributed by atoms with Gasteiger partial charge in [0, 0.05) is 28.6 Å². The highest BCUT2D eigenvalue weighted by molar-refractivity contribution is 7.12. The van der Waals surface area contributed by atoms with Crippen LogP contribution in [0.1, 0.15) is 197 Å². The number of amides is 1. The zero-order valence-corrected chi connectivity index (χ0v) is 43.3. The Morgan fingerprint density at radius 1 is 0.597 bits per heavy atom. The van der Waals surface area contributed by atoms with Crippen LogP contribution in [0.5, 0.6) is 0 Å². The number of Topliss-reactive ketones (excluding diaryl/α,β-unsaturated/α-hetero) is 1. The highest BCUT2D eigenvalue weighted by Crippen LogP contribution is 2.66. The van der Waals surface area contributed by atoms with Gasteiger partial charge in [-0.2, -0.15) is 0 Å². The topological polar surface area (TPSA) is 113 Å². The molecule has 0 bridgehead atoms. The predicted molar refractivity (Wildman–Crippen MR) is 279 cm³/mol. The molecule has 2 heterocycles. The molecule has 0 unspecified atom stereocenters. The van der Waals surface area contributed by atoms with Crippen molar-refractivity contribution in [3.63, 3.8) is 0 Å². The Kier molecular flexibility index (Phi) is 18.1. The molecule has 0 saturated heterocycles. The second-order valence-corrected chi connectivity index (χ2v) is 26.7. The van der Waals surface area contributed by atoms with Gasteiger partial charge in [0.25, 0.3) is 0 Å². The average Bonchev–Trinajstić information content (AvgIpc) is 3.96. The number of rotatable bonds is 5. The van der Waals surface area contributed by atoms with Gasteiger partial charge in [0.05, 0.1) is 41.1 Å². The Morgan fingerprint density at radius 3 is 1.46 bits per heavy atom. The smallest absolute Gasteiger partial charge is 0.249 e. The molecule has 8 saturated carbocycles. The normalized spacial score (nSPS) is 41.1. The van der Waals surface area contributed by atoms with Gasteiger partial charge in [-0.25, -0.2) is 15.0 Å². The fourth-order valence-electron chi connectivity index (χ4n) is 16.9. The molecule has 382 valence electrons. The van der Waals surface area contributed by atoms with E-state index in [1.165, 1.54) is 103 Å². The predicted octanol–water partition coefficient (Wildman–Crippen LogP) is 13.9. The maximum Gasteiger partial charge on any atom is 0.249 e. The summed E-state index contributed by atoms with van der Waals surface area (Å²) in [6, 6.07) is 0. The average molecular weight is 969 g/mol. The minimum absolute atomic E-state index is 0. The van der Waals surface area contributed by atoms with Gasteiger partial charge in [0.15, 0.2) is 0 Å². The van der Waals surface area contributed by atoms with E-state index < -0.39 is 11.2 Å². The van der Waals surface area contributed by atoms with E-state index in [-0.39, 0.29) is 50.9 Å². The lowest BCUT2D eigenvalue weighted by atomic mass is 9.49. The van der Waals surface area contributed by atoms with Crippen LogP contribution >= 0.6 is 22.7 Å². The van der Waals surface area contributed by atoms with Crippen LogP contribution in [0.3, 0.4) is 0 Å². The van der Waals surface area contributed by atoms with Crippen molar-refractivity contribution >= 4 is 34.4 Å². The van der Waals surface area contributed by atoms with Crippen LogP contribution in [0.2, 0.25) is 0 Å². The number of hydrogen-bond acceptors (Lipinski definition) is 9.